The molecule has 1 atom stereocenters. The Labute approximate surface area is 185 Å². The quantitative estimate of drug-likeness (QED) is 0.605. The van der Waals surface area contributed by atoms with Crippen molar-refractivity contribution in [1.82, 2.24) is 14.5 Å². The number of amides is 1. The molecule has 1 aliphatic heterocycles. The zero-order chi connectivity index (χ0) is 22.7. The molecule has 2 aromatic carbocycles. The SMILES string of the molecule is CC1CCCCN1S(=O)(=O)c1ccc(C(=O)Nc2nnc(Cc3ccc(F)cc3)o2)cc1. The summed E-state index contributed by atoms with van der Waals surface area (Å²) in [6.07, 6.45) is 3.00. The first-order valence-corrected chi connectivity index (χ1v) is 11.8. The number of nitrogens with zero attached hydrogens (tertiary/aromatic N) is 3. The number of carbonyl (C=O) groups is 1. The van der Waals surface area contributed by atoms with Crippen molar-refractivity contribution in [3.63, 3.8) is 0 Å². The summed E-state index contributed by atoms with van der Waals surface area (Å²) in [4.78, 5) is 12.6. The standard InChI is InChI=1S/C22H23FN4O4S/c1-15-4-2-3-13-27(15)32(29,30)19-11-7-17(8-12-19)21(28)24-22-26-25-20(31-22)14-16-5-9-18(23)10-6-16/h5-12,15H,2-4,13-14H2,1H3,(H,24,26,28). The first kappa shape index (κ1) is 22.1. The Balaban J connectivity index is 1.41. The number of hydrogen-bond acceptors (Lipinski definition) is 6. The maximum absolute atomic E-state index is 13.0. The van der Waals surface area contributed by atoms with Gasteiger partial charge in [0.25, 0.3) is 5.91 Å². The molecule has 0 spiro atoms. The molecule has 0 saturated carbocycles. The van der Waals surface area contributed by atoms with Gasteiger partial charge in [0, 0.05) is 18.2 Å². The van der Waals surface area contributed by atoms with E-state index < -0.39 is 15.9 Å². The zero-order valence-corrected chi connectivity index (χ0v) is 18.3. The fraction of sp³-hybridized carbons (Fsp3) is 0.318. The molecule has 32 heavy (non-hydrogen) atoms. The number of hydrogen-bond donors (Lipinski definition) is 1. The predicted octanol–water partition coefficient (Wildman–Crippen LogP) is 3.61. The Hall–Kier alpha value is -3.11. The molecular weight excluding hydrogens is 435 g/mol. The lowest BCUT2D eigenvalue weighted by Gasteiger charge is -2.32. The number of anilines is 1. The number of piperidine rings is 1. The predicted molar refractivity (Wildman–Crippen MR) is 115 cm³/mol. The van der Waals surface area contributed by atoms with E-state index in [0.717, 1.165) is 24.8 Å². The fourth-order valence-corrected chi connectivity index (χ4v) is 5.36. The molecule has 1 aromatic heterocycles. The van der Waals surface area contributed by atoms with Crippen molar-refractivity contribution < 1.29 is 22.0 Å². The summed E-state index contributed by atoms with van der Waals surface area (Å²) < 4.78 is 45.8. The molecule has 3 aromatic rings. The minimum atomic E-state index is -3.60. The van der Waals surface area contributed by atoms with Gasteiger partial charge < -0.3 is 4.42 Å². The molecule has 0 aliphatic carbocycles. The highest BCUT2D eigenvalue weighted by Gasteiger charge is 2.31. The van der Waals surface area contributed by atoms with E-state index in [2.05, 4.69) is 15.5 Å². The molecule has 168 valence electrons. The maximum Gasteiger partial charge on any atom is 0.322 e. The number of aromatic nitrogens is 2. The van der Waals surface area contributed by atoms with E-state index in [4.69, 9.17) is 4.42 Å². The van der Waals surface area contributed by atoms with Crippen molar-refractivity contribution in [3.05, 3.63) is 71.4 Å². The van der Waals surface area contributed by atoms with Crippen LogP contribution in [0, 0.1) is 5.82 Å². The van der Waals surface area contributed by atoms with Crippen LogP contribution in [0.15, 0.2) is 57.8 Å². The smallest absolute Gasteiger partial charge is 0.322 e. The van der Waals surface area contributed by atoms with Crippen molar-refractivity contribution in [1.29, 1.82) is 0 Å². The van der Waals surface area contributed by atoms with Gasteiger partial charge in [0.2, 0.25) is 15.9 Å². The highest BCUT2D eigenvalue weighted by Crippen LogP contribution is 2.25. The van der Waals surface area contributed by atoms with Crippen LogP contribution in [0.4, 0.5) is 10.4 Å². The van der Waals surface area contributed by atoms with E-state index in [1.807, 2.05) is 6.92 Å². The Morgan fingerprint density at radius 2 is 1.84 bits per heavy atom. The summed E-state index contributed by atoms with van der Waals surface area (Å²) in [5.41, 5.74) is 1.04. The molecule has 1 saturated heterocycles. The lowest BCUT2D eigenvalue weighted by Crippen LogP contribution is -2.41. The van der Waals surface area contributed by atoms with Crippen LogP contribution in [0.5, 0.6) is 0 Å². The normalized spacial score (nSPS) is 17.2. The van der Waals surface area contributed by atoms with Crippen LogP contribution >= 0.6 is 0 Å². The van der Waals surface area contributed by atoms with Gasteiger partial charge in [-0.15, -0.1) is 5.10 Å². The molecular formula is C22H23FN4O4S. The van der Waals surface area contributed by atoms with Crippen molar-refractivity contribution in [2.24, 2.45) is 0 Å². The molecule has 1 unspecified atom stereocenters. The summed E-state index contributed by atoms with van der Waals surface area (Å²) in [7, 11) is -3.60. The number of carbonyl (C=O) groups excluding carboxylic acids is 1. The second-order valence-corrected chi connectivity index (χ2v) is 9.63. The highest BCUT2D eigenvalue weighted by atomic mass is 32.2. The maximum atomic E-state index is 13.0. The molecule has 4 rings (SSSR count). The third-order valence-electron chi connectivity index (χ3n) is 5.42. The van der Waals surface area contributed by atoms with Crippen molar-refractivity contribution >= 4 is 21.9 Å². The number of nitrogens with one attached hydrogen (secondary N) is 1. The average molecular weight is 459 g/mol. The number of halogens is 1. The Morgan fingerprint density at radius 3 is 2.53 bits per heavy atom. The van der Waals surface area contributed by atoms with E-state index in [0.29, 0.717) is 13.0 Å². The first-order chi connectivity index (χ1) is 15.3. The molecule has 1 fully saturated rings. The van der Waals surface area contributed by atoms with Gasteiger partial charge in [-0.2, -0.15) is 4.31 Å². The molecule has 10 heteroatoms. The van der Waals surface area contributed by atoms with E-state index in [1.54, 1.807) is 12.1 Å². The third kappa shape index (κ3) is 4.86. The second-order valence-electron chi connectivity index (χ2n) is 7.74. The van der Waals surface area contributed by atoms with Crippen molar-refractivity contribution in [2.45, 2.75) is 43.5 Å². The third-order valence-corrected chi connectivity index (χ3v) is 7.45. The van der Waals surface area contributed by atoms with Gasteiger partial charge in [0.05, 0.1) is 11.3 Å². The fourth-order valence-electron chi connectivity index (χ4n) is 3.66. The molecule has 1 aliphatic rings. The average Bonchev–Trinajstić information content (AvgIpc) is 3.22. The summed E-state index contributed by atoms with van der Waals surface area (Å²) >= 11 is 0. The van der Waals surface area contributed by atoms with Crippen LogP contribution in [0.1, 0.15) is 48.0 Å². The van der Waals surface area contributed by atoms with E-state index >= 15 is 0 Å². The summed E-state index contributed by atoms with van der Waals surface area (Å²) in [6.45, 7) is 2.41. The van der Waals surface area contributed by atoms with E-state index in [9.17, 15) is 17.6 Å². The lowest BCUT2D eigenvalue weighted by atomic mass is 10.1. The van der Waals surface area contributed by atoms with E-state index in [-0.39, 0.29) is 34.2 Å². The monoisotopic (exact) mass is 458 g/mol. The minimum absolute atomic E-state index is 0.0432. The van der Waals surface area contributed by atoms with Gasteiger partial charge >= 0.3 is 6.01 Å². The molecule has 8 nitrogen and oxygen atoms in total. The minimum Gasteiger partial charge on any atom is -0.407 e. The van der Waals surface area contributed by atoms with Crippen LogP contribution in [-0.2, 0) is 16.4 Å². The second kappa shape index (κ2) is 9.17. The Bertz CT molecular complexity index is 1190. The van der Waals surface area contributed by atoms with Gasteiger partial charge in [-0.05, 0) is 61.7 Å². The Kier molecular flexibility index (Phi) is 6.33. The zero-order valence-electron chi connectivity index (χ0n) is 17.5. The van der Waals surface area contributed by atoms with Gasteiger partial charge in [-0.1, -0.05) is 23.7 Å². The van der Waals surface area contributed by atoms with E-state index in [1.165, 1.54) is 40.7 Å². The molecule has 0 radical (unpaired) electrons. The molecule has 0 bridgehead atoms. The van der Waals surface area contributed by atoms with Gasteiger partial charge in [-0.25, -0.2) is 12.8 Å². The summed E-state index contributed by atoms with van der Waals surface area (Å²) in [5.74, 6) is -0.572. The molecule has 1 amide bonds. The summed E-state index contributed by atoms with van der Waals surface area (Å²) in [5, 5.41) is 10.2. The van der Waals surface area contributed by atoms with Crippen molar-refractivity contribution in [3.8, 4) is 0 Å². The van der Waals surface area contributed by atoms with Crippen LogP contribution in [0.25, 0.3) is 0 Å². The number of benzene rings is 2. The van der Waals surface area contributed by atoms with Crippen LogP contribution < -0.4 is 5.32 Å². The summed E-state index contributed by atoms with van der Waals surface area (Å²) in [6, 6.07) is 11.5. The largest absolute Gasteiger partial charge is 0.407 e. The van der Waals surface area contributed by atoms with Crippen LogP contribution in [0.2, 0.25) is 0 Å². The first-order valence-electron chi connectivity index (χ1n) is 10.3. The van der Waals surface area contributed by atoms with Crippen LogP contribution in [0.3, 0.4) is 0 Å². The number of rotatable bonds is 6. The van der Waals surface area contributed by atoms with Crippen LogP contribution in [-0.4, -0.2) is 41.4 Å². The lowest BCUT2D eigenvalue weighted by molar-refractivity contribution is 0.102. The number of sulfonamides is 1. The van der Waals surface area contributed by atoms with Gasteiger partial charge in [0.1, 0.15) is 5.82 Å². The molecule has 1 N–H and O–H groups in total. The Morgan fingerprint density at radius 1 is 1.12 bits per heavy atom. The van der Waals surface area contributed by atoms with Gasteiger partial charge in [0.15, 0.2) is 0 Å². The van der Waals surface area contributed by atoms with Crippen molar-refractivity contribution in [2.75, 3.05) is 11.9 Å². The molecule has 2 heterocycles. The topological polar surface area (TPSA) is 105 Å². The van der Waals surface area contributed by atoms with Gasteiger partial charge in [-0.3, -0.25) is 10.1 Å². The highest BCUT2D eigenvalue weighted by molar-refractivity contribution is 7.89.